The number of hydrogen-bond acceptors (Lipinski definition) is 19. The molecule has 28 nitrogen and oxygen atoms in total. The van der Waals surface area contributed by atoms with Gasteiger partial charge in [-0.05, 0) is 20.3 Å². The predicted molar refractivity (Wildman–Crippen MR) is 189 cm³/mol. The van der Waals surface area contributed by atoms with Crippen molar-refractivity contribution in [3.63, 3.8) is 0 Å². The van der Waals surface area contributed by atoms with Crippen LogP contribution in [0.2, 0.25) is 0 Å². The van der Waals surface area contributed by atoms with Gasteiger partial charge in [0.15, 0.2) is 12.5 Å². The number of rotatable bonds is 21. The van der Waals surface area contributed by atoms with Gasteiger partial charge in [0.25, 0.3) is 5.56 Å². The fourth-order valence-corrected chi connectivity index (χ4v) is 9.47. The quantitative estimate of drug-likeness (QED) is 0.0524. The second-order valence-corrected chi connectivity index (χ2v) is 18.9. The number of hydrogen-bond donors (Lipinski definition) is 12. The Bertz CT molecular complexity index is 1950. The molecule has 336 valence electrons. The number of nitrogens with zero attached hydrogens (tertiary/aromatic N) is 1. The van der Waals surface area contributed by atoms with Gasteiger partial charge in [0.05, 0.1) is 19.1 Å². The van der Waals surface area contributed by atoms with Crippen LogP contribution in [0.1, 0.15) is 39.8 Å². The number of aromatic nitrogens is 2. The lowest BCUT2D eigenvalue weighted by atomic mass is 9.96. The molecule has 1 aromatic rings. The van der Waals surface area contributed by atoms with Crippen LogP contribution in [0.3, 0.4) is 0 Å². The highest BCUT2D eigenvalue weighted by atomic mass is 31.3. The van der Waals surface area contributed by atoms with Crippen molar-refractivity contribution < 1.29 is 106 Å². The van der Waals surface area contributed by atoms with Gasteiger partial charge in [-0.3, -0.25) is 47.1 Å². The van der Waals surface area contributed by atoms with Gasteiger partial charge in [0.2, 0.25) is 19.2 Å². The van der Waals surface area contributed by atoms with Crippen molar-refractivity contribution >= 4 is 46.8 Å². The maximum atomic E-state index is 13.1. The minimum absolute atomic E-state index is 0.499. The first kappa shape index (κ1) is 50.1. The van der Waals surface area contributed by atoms with Crippen LogP contribution < -0.4 is 21.9 Å². The highest BCUT2D eigenvalue weighted by Crippen LogP contribution is 2.61. The third-order valence-electron chi connectivity index (χ3n) is 8.76. The zero-order chi connectivity index (χ0) is 44.8. The molecule has 10 unspecified atom stereocenters. The van der Waals surface area contributed by atoms with Crippen molar-refractivity contribution in [2.45, 2.75) is 101 Å². The lowest BCUT2D eigenvalue weighted by Crippen LogP contribution is -2.66. The van der Waals surface area contributed by atoms with Crippen molar-refractivity contribution in [3.8, 4) is 0 Å². The smallest absolute Gasteiger partial charge is 0.481 e. The first-order valence-corrected chi connectivity index (χ1v) is 22.1. The number of H-pyrrole nitrogens is 1. The van der Waals surface area contributed by atoms with Crippen molar-refractivity contribution in [3.05, 3.63) is 33.1 Å². The Morgan fingerprint density at radius 3 is 2.17 bits per heavy atom. The second-order valence-electron chi connectivity index (χ2n) is 13.3. The Labute approximate surface area is 331 Å². The number of nitrogens with one attached hydrogen (secondary N) is 3. The SMILES string of the molecule is CC(=O)NC1C(OP(=O)(O)OP(=O)(O)OC[C@H]2OC(n3ccc(=O)[nH]c3=O)[C@H](O)[C@@H]2O)OC(CO)C(O)C1O[C@H](C)C(=O)N[C@@H](C)P(=O)(O)CC(CCC(=O)O)C(=O)O. The minimum atomic E-state index is -5.90. The van der Waals surface area contributed by atoms with Gasteiger partial charge in [0, 0.05) is 31.8 Å². The summed E-state index contributed by atoms with van der Waals surface area (Å²) in [5.74, 6) is -8.25. The molecule has 0 aromatic carbocycles. The second kappa shape index (κ2) is 20.5. The lowest BCUT2D eigenvalue weighted by Gasteiger charge is -2.44. The molecular weight excluding hydrogens is 869 g/mol. The van der Waals surface area contributed by atoms with E-state index in [1.807, 2.05) is 4.98 Å². The maximum Gasteiger partial charge on any atom is 0.483 e. The van der Waals surface area contributed by atoms with E-state index < -0.39 is 163 Å². The number of phosphoric acid groups is 2. The van der Waals surface area contributed by atoms with E-state index in [1.54, 1.807) is 0 Å². The zero-order valence-electron chi connectivity index (χ0n) is 31.1. The molecule has 2 fully saturated rings. The first-order chi connectivity index (χ1) is 27.2. The van der Waals surface area contributed by atoms with Crippen LogP contribution in [0.15, 0.2) is 21.9 Å². The molecule has 3 rings (SSSR count). The van der Waals surface area contributed by atoms with Gasteiger partial charge in [-0.15, -0.1) is 0 Å². The van der Waals surface area contributed by atoms with Gasteiger partial charge in [-0.2, -0.15) is 4.31 Å². The third-order valence-corrected chi connectivity index (χ3v) is 13.7. The van der Waals surface area contributed by atoms with Crippen molar-refractivity contribution in [2.75, 3.05) is 19.4 Å². The Kier molecular flexibility index (Phi) is 17.4. The number of carbonyl (C=O) groups excluding carboxylic acids is 2. The minimum Gasteiger partial charge on any atom is -0.481 e. The number of aliphatic carboxylic acids is 2. The number of amides is 2. The molecule has 2 aliphatic rings. The Hall–Kier alpha value is -3.27. The van der Waals surface area contributed by atoms with E-state index in [-0.39, 0.29) is 0 Å². The third kappa shape index (κ3) is 13.9. The number of aliphatic hydroxyl groups is 4. The summed E-state index contributed by atoms with van der Waals surface area (Å²) in [6.45, 7) is 0.775. The highest BCUT2D eigenvalue weighted by molar-refractivity contribution is 7.61. The molecular formula is C28H45N4O24P3. The molecule has 0 radical (unpaired) electrons. The molecule has 0 bridgehead atoms. The van der Waals surface area contributed by atoms with Crippen molar-refractivity contribution in [1.82, 2.24) is 20.2 Å². The highest BCUT2D eigenvalue weighted by Gasteiger charge is 2.52. The Balaban J connectivity index is 1.73. The molecule has 0 saturated carbocycles. The summed E-state index contributed by atoms with van der Waals surface area (Å²) < 4.78 is 69.5. The van der Waals surface area contributed by atoms with Gasteiger partial charge in [-0.1, -0.05) is 0 Å². The average molecular weight is 915 g/mol. The summed E-state index contributed by atoms with van der Waals surface area (Å²) in [5, 5.41) is 64.1. The summed E-state index contributed by atoms with van der Waals surface area (Å²) in [6, 6.07) is -1.02. The van der Waals surface area contributed by atoms with Crippen LogP contribution in [0, 0.1) is 5.92 Å². The fraction of sp³-hybridized carbons (Fsp3) is 0.714. The molecule has 1 aromatic heterocycles. The van der Waals surface area contributed by atoms with Gasteiger partial charge < -0.3 is 70.2 Å². The topological polar surface area (TPSA) is 436 Å². The molecule has 3 heterocycles. The largest absolute Gasteiger partial charge is 0.483 e. The number of ether oxygens (including phenoxy) is 3. The van der Waals surface area contributed by atoms with Crippen LogP contribution in [0.4, 0.5) is 0 Å². The summed E-state index contributed by atoms with van der Waals surface area (Å²) in [4.78, 5) is 104. The molecule has 2 amide bonds. The van der Waals surface area contributed by atoms with Crippen molar-refractivity contribution in [1.29, 1.82) is 0 Å². The number of carboxylic acid groups (broad SMARTS) is 2. The molecule has 0 aliphatic carbocycles. The summed E-state index contributed by atoms with van der Waals surface area (Å²) in [7, 11) is -16.2. The zero-order valence-corrected chi connectivity index (χ0v) is 33.7. The molecule has 2 saturated heterocycles. The van der Waals surface area contributed by atoms with Crippen LogP contribution in [0.25, 0.3) is 0 Å². The maximum absolute atomic E-state index is 13.1. The average Bonchev–Trinajstić information content (AvgIpc) is 3.39. The van der Waals surface area contributed by atoms with E-state index >= 15 is 0 Å². The number of phosphoric ester groups is 2. The van der Waals surface area contributed by atoms with Gasteiger partial charge in [0.1, 0.15) is 54.6 Å². The fourth-order valence-electron chi connectivity index (χ4n) is 5.69. The number of carbonyl (C=O) groups is 4. The standard InChI is InChI=1S/C28H45N4O24P3/c1-11(24(41)30-13(3)57(45,46)10-14(26(42)43)4-5-18(36)37)52-23-19(29-12(2)34)27(54-15(8-33)21(23)39)55-59(49,50)56-58(47,48)51-9-16-20(38)22(40)25(53-16)32-7-6-17(35)31-28(32)44/h6-7,11,13-16,19-23,25,27,33,38-40H,4-5,8-10H2,1-3H3,(H,29,34)(H,30,41)(H,36,37)(H,42,43)(H,45,46)(H,47,48)(H,49,50)(H,31,35,44)/t11-,13-,14?,15?,16-,19?,20-,21?,22-,23?,25?,27?/m1/s1. The van der Waals surface area contributed by atoms with Crippen LogP contribution in [0.5, 0.6) is 0 Å². The predicted octanol–water partition coefficient (Wildman–Crippen LogP) is -3.94. The summed E-state index contributed by atoms with van der Waals surface area (Å²) in [5.41, 5.74) is -1.86. The molecule has 15 atom stereocenters. The summed E-state index contributed by atoms with van der Waals surface area (Å²) in [6.07, 6.45) is -18.0. The molecule has 59 heavy (non-hydrogen) atoms. The first-order valence-electron chi connectivity index (χ1n) is 17.1. The van der Waals surface area contributed by atoms with E-state index in [1.165, 1.54) is 0 Å². The van der Waals surface area contributed by atoms with E-state index in [0.717, 1.165) is 33.0 Å². The molecule has 31 heteroatoms. The van der Waals surface area contributed by atoms with Crippen LogP contribution in [-0.2, 0) is 60.4 Å². The lowest BCUT2D eigenvalue weighted by molar-refractivity contribution is -0.261. The number of carboxylic acids is 2. The number of aromatic amines is 1. The van der Waals surface area contributed by atoms with Crippen LogP contribution >= 0.6 is 23.0 Å². The van der Waals surface area contributed by atoms with Gasteiger partial charge in [-0.25, -0.2) is 13.9 Å². The number of aliphatic hydroxyl groups excluding tert-OH is 4. The van der Waals surface area contributed by atoms with E-state index in [2.05, 4.69) is 19.5 Å². The summed E-state index contributed by atoms with van der Waals surface area (Å²) >= 11 is 0. The Morgan fingerprint density at radius 1 is 0.966 bits per heavy atom. The van der Waals surface area contributed by atoms with E-state index in [9.17, 15) is 82.7 Å². The molecule has 2 aliphatic heterocycles. The van der Waals surface area contributed by atoms with E-state index in [0.29, 0.717) is 4.57 Å². The van der Waals surface area contributed by atoms with Crippen LogP contribution in [-0.4, -0.2) is 159 Å². The normalized spacial score (nSPS) is 30.4. The molecule has 0 spiro atoms. The Morgan fingerprint density at radius 2 is 1.61 bits per heavy atom. The van der Waals surface area contributed by atoms with E-state index in [4.69, 9.17) is 23.8 Å². The molecule has 12 N–H and O–H groups in total. The monoisotopic (exact) mass is 914 g/mol. The van der Waals surface area contributed by atoms with Crippen molar-refractivity contribution in [2.24, 2.45) is 5.92 Å². The van der Waals surface area contributed by atoms with Gasteiger partial charge >= 0.3 is 33.3 Å².